The summed E-state index contributed by atoms with van der Waals surface area (Å²) >= 11 is 5.78. The number of fused-ring (bicyclic) bond motifs is 1. The Kier molecular flexibility index (Phi) is 7.40. The Morgan fingerprint density at radius 2 is 1.92 bits per heavy atom. The van der Waals surface area contributed by atoms with Gasteiger partial charge >= 0.3 is 0 Å². The number of aromatic nitrogens is 4. The predicted octanol–water partition coefficient (Wildman–Crippen LogP) is 3.67. The molecule has 2 fully saturated rings. The van der Waals surface area contributed by atoms with E-state index in [-0.39, 0.29) is 53.3 Å². The van der Waals surface area contributed by atoms with Crippen molar-refractivity contribution in [2.24, 2.45) is 11.7 Å². The molecule has 1 aromatic carbocycles. The first-order valence-corrected chi connectivity index (χ1v) is 12.6. The van der Waals surface area contributed by atoms with Gasteiger partial charge in [0.2, 0.25) is 17.8 Å². The Hall–Kier alpha value is -3.09. The van der Waals surface area contributed by atoms with Crippen molar-refractivity contribution in [1.29, 1.82) is 0 Å². The number of amides is 1. The Morgan fingerprint density at radius 3 is 2.59 bits per heavy atom. The van der Waals surface area contributed by atoms with Crippen molar-refractivity contribution in [2.45, 2.75) is 56.7 Å². The molecule has 1 aliphatic heterocycles. The van der Waals surface area contributed by atoms with Crippen LogP contribution in [0.4, 0.5) is 26.4 Å². The first-order chi connectivity index (χ1) is 17.8. The summed E-state index contributed by atoms with van der Waals surface area (Å²) in [6, 6.07) is 1.92. The second kappa shape index (κ2) is 10.7. The maximum absolute atomic E-state index is 14.6. The summed E-state index contributed by atoms with van der Waals surface area (Å²) in [6.07, 6.45) is 5.05. The van der Waals surface area contributed by atoms with Crippen molar-refractivity contribution in [3.63, 3.8) is 0 Å². The van der Waals surface area contributed by atoms with Gasteiger partial charge in [0.05, 0.1) is 18.9 Å². The lowest BCUT2D eigenvalue weighted by Crippen LogP contribution is -2.36. The van der Waals surface area contributed by atoms with Crippen molar-refractivity contribution >= 4 is 46.3 Å². The highest BCUT2D eigenvalue weighted by atomic mass is 35.5. The van der Waals surface area contributed by atoms with Gasteiger partial charge in [-0.2, -0.15) is 4.98 Å². The largest absolute Gasteiger partial charge is 0.394 e. The number of nitrogens with zero attached hydrogens (tertiary/aromatic N) is 4. The topological polar surface area (TPSA) is 140 Å². The summed E-state index contributed by atoms with van der Waals surface area (Å²) in [5, 5.41) is 15.5. The molecule has 1 aliphatic carbocycles. The molecule has 1 amide bonds. The molecule has 37 heavy (non-hydrogen) atoms. The lowest BCUT2D eigenvalue weighted by atomic mass is 9.85. The lowest BCUT2D eigenvalue weighted by Gasteiger charge is -2.29. The molecular formula is C24H28ClF2N7O3. The van der Waals surface area contributed by atoms with E-state index in [2.05, 4.69) is 20.6 Å². The molecule has 0 radical (unpaired) electrons. The lowest BCUT2D eigenvalue weighted by molar-refractivity contribution is -0.122. The minimum absolute atomic E-state index is 0.0144. The molecule has 1 saturated carbocycles. The number of benzene rings is 1. The first kappa shape index (κ1) is 25.6. The van der Waals surface area contributed by atoms with Crippen molar-refractivity contribution in [1.82, 2.24) is 19.5 Å². The molecule has 5 N–H and O–H groups in total. The van der Waals surface area contributed by atoms with E-state index in [1.54, 1.807) is 6.20 Å². The Bertz CT molecular complexity index is 1280. The van der Waals surface area contributed by atoms with Crippen molar-refractivity contribution in [3.05, 3.63) is 35.0 Å². The average Bonchev–Trinajstić information content (AvgIpc) is 3.23. The van der Waals surface area contributed by atoms with E-state index in [9.17, 15) is 18.7 Å². The molecule has 2 aromatic heterocycles. The number of aliphatic hydroxyl groups excluding tert-OH is 1. The van der Waals surface area contributed by atoms with Crippen LogP contribution < -0.4 is 16.4 Å². The van der Waals surface area contributed by atoms with Gasteiger partial charge in [-0.05, 0) is 50.7 Å². The van der Waals surface area contributed by atoms with Crippen molar-refractivity contribution in [3.8, 4) is 0 Å². The number of halogens is 3. The maximum atomic E-state index is 14.6. The second-order valence-corrected chi connectivity index (χ2v) is 9.96. The Morgan fingerprint density at radius 1 is 1.19 bits per heavy atom. The van der Waals surface area contributed by atoms with Crippen molar-refractivity contribution < 1.29 is 23.4 Å². The highest BCUT2D eigenvalue weighted by Gasteiger charge is 2.30. The molecule has 2 atom stereocenters. The van der Waals surface area contributed by atoms with Gasteiger partial charge in [0.1, 0.15) is 11.2 Å². The van der Waals surface area contributed by atoms with Crippen LogP contribution in [0.5, 0.6) is 0 Å². The minimum Gasteiger partial charge on any atom is -0.394 e. The highest BCUT2D eigenvalue weighted by molar-refractivity contribution is 6.30. The van der Waals surface area contributed by atoms with Crippen molar-refractivity contribution in [2.75, 3.05) is 23.8 Å². The summed E-state index contributed by atoms with van der Waals surface area (Å²) in [4.78, 5) is 25.3. The quantitative estimate of drug-likeness (QED) is 0.359. The summed E-state index contributed by atoms with van der Waals surface area (Å²) in [7, 11) is 0. The predicted molar refractivity (Wildman–Crippen MR) is 134 cm³/mol. The Balaban J connectivity index is 1.50. The van der Waals surface area contributed by atoms with E-state index in [0.29, 0.717) is 55.8 Å². The fraction of sp³-hybridized carbons (Fsp3) is 0.500. The normalized spacial score (nSPS) is 24.2. The third-order valence-corrected chi connectivity index (χ3v) is 7.26. The number of imidazole rings is 1. The summed E-state index contributed by atoms with van der Waals surface area (Å²) in [5.41, 5.74) is 6.06. The van der Waals surface area contributed by atoms with Crippen LogP contribution in [0, 0.1) is 17.6 Å². The van der Waals surface area contributed by atoms with Crippen LogP contribution in [-0.2, 0) is 9.53 Å². The van der Waals surface area contributed by atoms with E-state index in [1.807, 2.05) is 4.57 Å². The van der Waals surface area contributed by atoms with Crippen LogP contribution in [0.1, 0.15) is 44.6 Å². The molecule has 10 nitrogen and oxygen atoms in total. The molecule has 2 aliphatic rings. The molecule has 13 heteroatoms. The number of nitrogens with one attached hydrogen (secondary N) is 2. The van der Waals surface area contributed by atoms with Crippen LogP contribution in [-0.4, -0.2) is 55.9 Å². The fourth-order valence-electron chi connectivity index (χ4n) is 5.11. The van der Waals surface area contributed by atoms with E-state index < -0.39 is 11.6 Å². The molecular weight excluding hydrogens is 508 g/mol. The molecule has 5 rings (SSSR count). The second-order valence-electron chi connectivity index (χ2n) is 9.53. The first-order valence-electron chi connectivity index (χ1n) is 12.3. The molecule has 0 unspecified atom stereocenters. The third kappa shape index (κ3) is 5.46. The van der Waals surface area contributed by atoms with E-state index in [1.165, 1.54) is 0 Å². The molecule has 3 aromatic rings. The van der Waals surface area contributed by atoms with Gasteiger partial charge in [-0.25, -0.2) is 18.7 Å². The number of rotatable bonds is 7. The van der Waals surface area contributed by atoms with Gasteiger partial charge in [0.15, 0.2) is 17.3 Å². The number of carbonyl (C=O) groups is 1. The summed E-state index contributed by atoms with van der Waals surface area (Å²) < 4.78 is 36.6. The third-order valence-electron chi connectivity index (χ3n) is 7.04. The van der Waals surface area contributed by atoms with Crippen LogP contribution in [0.25, 0.3) is 11.2 Å². The number of aliphatic hydroxyl groups is 1. The number of nitrogens with two attached hydrogens (primary N) is 1. The molecule has 0 spiro atoms. The number of anilines is 3. The van der Waals surface area contributed by atoms with Gasteiger partial charge in [0, 0.05) is 29.6 Å². The summed E-state index contributed by atoms with van der Waals surface area (Å²) in [5.74, 6) is -1.67. The summed E-state index contributed by atoms with van der Waals surface area (Å²) in [6.45, 7) is 0.449. The zero-order chi connectivity index (χ0) is 26.1. The molecule has 1 saturated heterocycles. The number of primary amides is 1. The molecule has 0 bridgehead atoms. The SMILES string of the molecule is NC(=O)C1CCC(n2c(Nc3c(F)cc(Cl)cc3F)nc3cnc(N[C@@H]4CCO[C@H](CO)C4)nc32)CC1. The monoisotopic (exact) mass is 535 g/mol. The van der Waals surface area contributed by atoms with Gasteiger partial charge in [-0.3, -0.25) is 9.36 Å². The number of carbonyl (C=O) groups excluding carboxylic acids is 1. The minimum atomic E-state index is -0.854. The van der Waals surface area contributed by atoms with Crippen LogP contribution in [0.2, 0.25) is 5.02 Å². The zero-order valence-electron chi connectivity index (χ0n) is 20.0. The highest BCUT2D eigenvalue weighted by Crippen LogP contribution is 2.38. The average molecular weight is 536 g/mol. The zero-order valence-corrected chi connectivity index (χ0v) is 20.7. The maximum Gasteiger partial charge on any atom is 0.224 e. The standard InChI is InChI=1S/C24H28ClF2N7O3/c25-13-7-17(26)20(18(27)8-13)32-24-31-19-10-29-23(30-14-5-6-37-16(9-14)11-35)33-22(19)34(24)15-3-1-12(2-4-15)21(28)36/h7-8,10,12,14-16,35H,1-6,9,11H2,(H2,28,36)(H,31,32)(H,29,30,33)/t12?,14-,15?,16+/m1/s1. The fourth-order valence-corrected chi connectivity index (χ4v) is 5.30. The molecule has 198 valence electrons. The number of hydrogen-bond donors (Lipinski definition) is 4. The van der Waals surface area contributed by atoms with Crippen LogP contribution in [0.15, 0.2) is 18.3 Å². The van der Waals surface area contributed by atoms with E-state index in [0.717, 1.165) is 18.6 Å². The van der Waals surface area contributed by atoms with Crippen LogP contribution >= 0.6 is 11.6 Å². The van der Waals surface area contributed by atoms with E-state index in [4.69, 9.17) is 27.1 Å². The van der Waals surface area contributed by atoms with Gasteiger partial charge in [-0.1, -0.05) is 11.6 Å². The smallest absolute Gasteiger partial charge is 0.224 e. The van der Waals surface area contributed by atoms with Gasteiger partial charge < -0.3 is 26.2 Å². The number of ether oxygens (including phenoxy) is 1. The number of hydrogen-bond acceptors (Lipinski definition) is 8. The van der Waals surface area contributed by atoms with Gasteiger partial charge in [0.25, 0.3) is 0 Å². The molecule has 3 heterocycles. The van der Waals surface area contributed by atoms with E-state index >= 15 is 0 Å². The van der Waals surface area contributed by atoms with Gasteiger partial charge in [-0.15, -0.1) is 0 Å². The Labute approximate surface area is 216 Å². The van der Waals surface area contributed by atoms with Crippen LogP contribution in [0.3, 0.4) is 0 Å².